The Labute approximate surface area is 144 Å². The fourth-order valence-corrected chi connectivity index (χ4v) is 2.48. The van der Waals surface area contributed by atoms with Gasteiger partial charge in [-0.15, -0.1) is 0 Å². The second-order valence-corrected chi connectivity index (χ2v) is 5.89. The standard InChI is InChI=1S/C18H16ClN3O2/c1-22(2)16-9-8-13(19)10-14(16)20-18(23)15-11-17(24-21-15)12-6-4-3-5-7-12/h3-11H,1-2H3,(H,20,23). The van der Waals surface area contributed by atoms with E-state index >= 15 is 0 Å². The van der Waals surface area contributed by atoms with Gasteiger partial charge in [0, 0.05) is 30.7 Å². The lowest BCUT2D eigenvalue weighted by Gasteiger charge is -2.17. The molecule has 0 saturated heterocycles. The van der Waals surface area contributed by atoms with E-state index in [1.54, 1.807) is 18.2 Å². The van der Waals surface area contributed by atoms with Gasteiger partial charge in [0.15, 0.2) is 11.5 Å². The molecular weight excluding hydrogens is 326 g/mol. The molecule has 6 heteroatoms. The van der Waals surface area contributed by atoms with Crippen molar-refractivity contribution in [3.05, 3.63) is 65.3 Å². The van der Waals surface area contributed by atoms with Crippen LogP contribution in [0, 0.1) is 0 Å². The molecule has 0 radical (unpaired) electrons. The number of anilines is 2. The van der Waals surface area contributed by atoms with Crippen LogP contribution in [0.1, 0.15) is 10.5 Å². The number of hydrogen-bond acceptors (Lipinski definition) is 4. The first-order valence-electron chi connectivity index (χ1n) is 7.35. The van der Waals surface area contributed by atoms with Gasteiger partial charge in [-0.25, -0.2) is 0 Å². The third kappa shape index (κ3) is 3.41. The van der Waals surface area contributed by atoms with Crippen molar-refractivity contribution in [2.24, 2.45) is 0 Å². The number of carbonyl (C=O) groups is 1. The smallest absolute Gasteiger partial charge is 0.277 e. The van der Waals surface area contributed by atoms with Crippen LogP contribution in [-0.4, -0.2) is 25.2 Å². The molecule has 1 N–H and O–H groups in total. The predicted molar refractivity (Wildman–Crippen MR) is 95.7 cm³/mol. The summed E-state index contributed by atoms with van der Waals surface area (Å²) in [5, 5.41) is 7.22. The zero-order valence-corrected chi connectivity index (χ0v) is 14.0. The molecule has 0 aliphatic heterocycles. The fraction of sp³-hybridized carbons (Fsp3) is 0.111. The van der Waals surface area contributed by atoms with Crippen molar-refractivity contribution in [2.75, 3.05) is 24.3 Å². The number of aromatic nitrogens is 1. The summed E-state index contributed by atoms with van der Waals surface area (Å²) in [5.74, 6) is 0.186. The maximum atomic E-state index is 12.4. The molecule has 1 aromatic heterocycles. The van der Waals surface area contributed by atoms with Crippen LogP contribution < -0.4 is 10.2 Å². The van der Waals surface area contributed by atoms with Gasteiger partial charge in [0.1, 0.15) is 0 Å². The lowest BCUT2D eigenvalue weighted by Crippen LogP contribution is -2.17. The largest absolute Gasteiger partial charge is 0.376 e. The van der Waals surface area contributed by atoms with E-state index in [0.29, 0.717) is 16.5 Å². The third-order valence-electron chi connectivity index (χ3n) is 3.49. The van der Waals surface area contributed by atoms with Gasteiger partial charge in [0.2, 0.25) is 0 Å². The van der Waals surface area contributed by atoms with Crippen LogP contribution in [0.15, 0.2) is 59.1 Å². The SMILES string of the molecule is CN(C)c1ccc(Cl)cc1NC(=O)c1cc(-c2ccccc2)on1. The first kappa shape index (κ1) is 16.1. The number of nitrogens with zero attached hydrogens (tertiary/aromatic N) is 2. The van der Waals surface area contributed by atoms with E-state index in [2.05, 4.69) is 10.5 Å². The van der Waals surface area contributed by atoms with Gasteiger partial charge in [-0.3, -0.25) is 4.79 Å². The van der Waals surface area contributed by atoms with Gasteiger partial charge in [-0.05, 0) is 18.2 Å². The lowest BCUT2D eigenvalue weighted by molar-refractivity contribution is 0.101. The van der Waals surface area contributed by atoms with Crippen molar-refractivity contribution in [1.29, 1.82) is 0 Å². The quantitative estimate of drug-likeness (QED) is 0.768. The van der Waals surface area contributed by atoms with Gasteiger partial charge in [0.25, 0.3) is 5.91 Å². The number of hydrogen-bond donors (Lipinski definition) is 1. The highest BCUT2D eigenvalue weighted by Gasteiger charge is 2.16. The van der Waals surface area contributed by atoms with E-state index < -0.39 is 0 Å². The first-order valence-corrected chi connectivity index (χ1v) is 7.73. The van der Waals surface area contributed by atoms with Gasteiger partial charge in [0.05, 0.1) is 11.4 Å². The zero-order valence-electron chi connectivity index (χ0n) is 13.3. The first-order chi connectivity index (χ1) is 11.5. The minimum absolute atomic E-state index is 0.207. The topological polar surface area (TPSA) is 58.4 Å². The minimum Gasteiger partial charge on any atom is -0.376 e. The Balaban J connectivity index is 1.84. The minimum atomic E-state index is -0.355. The molecule has 1 amide bonds. The number of halogens is 1. The molecule has 0 unspecified atom stereocenters. The van der Waals surface area contributed by atoms with E-state index in [4.69, 9.17) is 16.1 Å². The average Bonchev–Trinajstić information content (AvgIpc) is 3.05. The summed E-state index contributed by atoms with van der Waals surface area (Å²) in [5.41, 5.74) is 2.53. The van der Waals surface area contributed by atoms with E-state index in [1.165, 1.54) is 0 Å². The second-order valence-electron chi connectivity index (χ2n) is 5.45. The van der Waals surface area contributed by atoms with E-state index in [9.17, 15) is 4.79 Å². The molecule has 24 heavy (non-hydrogen) atoms. The summed E-state index contributed by atoms with van der Waals surface area (Å²) in [6.45, 7) is 0. The molecule has 2 aromatic carbocycles. The van der Waals surface area contributed by atoms with Crippen LogP contribution in [0.5, 0.6) is 0 Å². The Morgan fingerprint density at radius 3 is 2.58 bits per heavy atom. The summed E-state index contributed by atoms with van der Waals surface area (Å²) < 4.78 is 5.26. The normalized spacial score (nSPS) is 10.5. The van der Waals surface area contributed by atoms with Crippen LogP contribution in [0.4, 0.5) is 11.4 Å². The Morgan fingerprint density at radius 1 is 1.12 bits per heavy atom. The molecule has 3 aromatic rings. The van der Waals surface area contributed by atoms with Crippen LogP contribution >= 0.6 is 11.6 Å². The van der Waals surface area contributed by atoms with Crippen LogP contribution in [0.25, 0.3) is 11.3 Å². The lowest BCUT2D eigenvalue weighted by atomic mass is 10.1. The number of nitrogens with one attached hydrogen (secondary N) is 1. The van der Waals surface area contributed by atoms with Gasteiger partial charge in [-0.1, -0.05) is 47.1 Å². The Hall–Kier alpha value is -2.79. The van der Waals surface area contributed by atoms with Crippen molar-refractivity contribution >= 4 is 28.9 Å². The molecule has 0 bridgehead atoms. The van der Waals surface area contributed by atoms with Crippen molar-refractivity contribution in [3.8, 4) is 11.3 Å². The number of amides is 1. The highest BCUT2D eigenvalue weighted by molar-refractivity contribution is 6.31. The van der Waals surface area contributed by atoms with Crippen molar-refractivity contribution < 1.29 is 9.32 Å². The van der Waals surface area contributed by atoms with E-state index in [-0.39, 0.29) is 11.6 Å². The molecule has 0 atom stereocenters. The van der Waals surface area contributed by atoms with Crippen molar-refractivity contribution in [3.63, 3.8) is 0 Å². The summed E-state index contributed by atoms with van der Waals surface area (Å²) in [7, 11) is 3.78. The molecule has 0 fully saturated rings. The summed E-state index contributed by atoms with van der Waals surface area (Å²) in [6, 6.07) is 16.4. The van der Waals surface area contributed by atoms with Crippen LogP contribution in [-0.2, 0) is 0 Å². The van der Waals surface area contributed by atoms with Gasteiger partial charge >= 0.3 is 0 Å². The van der Waals surface area contributed by atoms with Crippen LogP contribution in [0.3, 0.4) is 0 Å². The zero-order chi connectivity index (χ0) is 17.1. The highest BCUT2D eigenvalue weighted by atomic mass is 35.5. The van der Waals surface area contributed by atoms with E-state index in [1.807, 2.05) is 55.4 Å². The molecule has 0 aliphatic rings. The third-order valence-corrected chi connectivity index (χ3v) is 3.72. The Morgan fingerprint density at radius 2 is 1.88 bits per heavy atom. The fourth-order valence-electron chi connectivity index (χ4n) is 2.31. The number of rotatable bonds is 4. The maximum Gasteiger partial charge on any atom is 0.277 e. The van der Waals surface area contributed by atoms with E-state index in [0.717, 1.165) is 11.3 Å². The molecule has 122 valence electrons. The molecule has 0 saturated carbocycles. The van der Waals surface area contributed by atoms with Gasteiger partial charge in [-0.2, -0.15) is 0 Å². The monoisotopic (exact) mass is 341 g/mol. The van der Waals surface area contributed by atoms with Crippen molar-refractivity contribution in [1.82, 2.24) is 5.16 Å². The number of carbonyl (C=O) groups excluding carboxylic acids is 1. The summed E-state index contributed by atoms with van der Waals surface area (Å²) in [6.07, 6.45) is 0. The van der Waals surface area contributed by atoms with Crippen LogP contribution in [0.2, 0.25) is 5.02 Å². The molecule has 5 nitrogen and oxygen atoms in total. The number of benzene rings is 2. The molecule has 0 aliphatic carbocycles. The summed E-state index contributed by atoms with van der Waals surface area (Å²) in [4.78, 5) is 14.3. The molecule has 1 heterocycles. The Kier molecular flexibility index (Phi) is 4.53. The molecule has 0 spiro atoms. The second kappa shape index (κ2) is 6.76. The average molecular weight is 342 g/mol. The van der Waals surface area contributed by atoms with Gasteiger partial charge < -0.3 is 14.7 Å². The summed E-state index contributed by atoms with van der Waals surface area (Å²) >= 11 is 6.03. The Bertz CT molecular complexity index is 860. The highest BCUT2D eigenvalue weighted by Crippen LogP contribution is 2.28. The maximum absolute atomic E-state index is 12.4. The molecule has 3 rings (SSSR count). The van der Waals surface area contributed by atoms with Crippen molar-refractivity contribution in [2.45, 2.75) is 0 Å². The molecular formula is C18H16ClN3O2. The predicted octanol–water partition coefficient (Wildman–Crippen LogP) is 4.31.